The molecule has 2 heterocycles. The van der Waals surface area contributed by atoms with Crippen molar-refractivity contribution < 1.29 is 9.32 Å². The number of aryl methyl sites for hydroxylation is 1. The van der Waals surface area contributed by atoms with Crippen LogP contribution < -0.4 is 5.32 Å². The van der Waals surface area contributed by atoms with Crippen molar-refractivity contribution in [1.29, 1.82) is 0 Å². The highest BCUT2D eigenvalue weighted by Gasteiger charge is 2.14. The number of nitrogens with one attached hydrogen (secondary N) is 1. The minimum Gasteiger partial charge on any atom is -0.355 e. The van der Waals surface area contributed by atoms with Crippen LogP contribution in [0.5, 0.6) is 0 Å². The van der Waals surface area contributed by atoms with E-state index in [2.05, 4.69) is 33.1 Å². The minimum atomic E-state index is -0.277. The Morgan fingerprint density at radius 3 is 2.90 bits per heavy atom. The van der Waals surface area contributed by atoms with E-state index in [-0.39, 0.29) is 11.6 Å². The standard InChI is InChI=1S/C15H11IN2O2S/c1-9-4-5-10(7-11(9)16)17-15(19)12-8-13(20-18-12)14-3-2-6-21-14/h2-8H,1H3,(H,17,19). The number of carbonyl (C=O) groups excluding carboxylic acids is 1. The average molecular weight is 410 g/mol. The Bertz CT molecular complexity index is 781. The lowest BCUT2D eigenvalue weighted by atomic mass is 10.2. The number of hydrogen-bond donors (Lipinski definition) is 1. The van der Waals surface area contributed by atoms with Gasteiger partial charge in [0.2, 0.25) is 0 Å². The molecule has 1 N–H and O–H groups in total. The van der Waals surface area contributed by atoms with Crippen molar-refractivity contribution in [2.45, 2.75) is 6.92 Å². The van der Waals surface area contributed by atoms with Gasteiger partial charge in [0.1, 0.15) is 0 Å². The number of aromatic nitrogens is 1. The molecule has 0 saturated carbocycles. The van der Waals surface area contributed by atoms with Gasteiger partial charge in [-0.3, -0.25) is 4.79 Å². The SMILES string of the molecule is Cc1ccc(NC(=O)c2cc(-c3cccs3)on2)cc1I. The van der Waals surface area contributed by atoms with Crippen LogP contribution in [0.4, 0.5) is 5.69 Å². The normalized spacial score (nSPS) is 10.6. The van der Waals surface area contributed by atoms with E-state index in [1.807, 2.05) is 42.6 Å². The van der Waals surface area contributed by atoms with Gasteiger partial charge in [-0.25, -0.2) is 0 Å². The molecule has 4 nitrogen and oxygen atoms in total. The third-order valence-electron chi connectivity index (χ3n) is 2.94. The van der Waals surface area contributed by atoms with Crippen LogP contribution in [0.3, 0.4) is 0 Å². The van der Waals surface area contributed by atoms with E-state index in [0.29, 0.717) is 5.76 Å². The zero-order valence-corrected chi connectivity index (χ0v) is 14.1. The molecule has 0 bridgehead atoms. The van der Waals surface area contributed by atoms with E-state index < -0.39 is 0 Å². The molecule has 0 unspecified atom stereocenters. The Labute approximate surface area is 139 Å². The van der Waals surface area contributed by atoms with Crippen molar-refractivity contribution in [1.82, 2.24) is 5.16 Å². The molecule has 0 saturated heterocycles. The van der Waals surface area contributed by atoms with Gasteiger partial charge in [-0.2, -0.15) is 0 Å². The zero-order chi connectivity index (χ0) is 14.8. The number of hydrogen-bond acceptors (Lipinski definition) is 4. The summed E-state index contributed by atoms with van der Waals surface area (Å²) in [4.78, 5) is 13.1. The van der Waals surface area contributed by atoms with E-state index in [1.165, 1.54) is 5.56 Å². The van der Waals surface area contributed by atoms with Gasteiger partial charge in [0.25, 0.3) is 5.91 Å². The lowest BCUT2D eigenvalue weighted by molar-refractivity contribution is 0.101. The van der Waals surface area contributed by atoms with Crippen LogP contribution in [0, 0.1) is 10.5 Å². The zero-order valence-electron chi connectivity index (χ0n) is 11.1. The van der Waals surface area contributed by atoms with Crippen LogP contribution in [0.1, 0.15) is 16.1 Å². The fourth-order valence-corrected chi connectivity index (χ4v) is 2.97. The minimum absolute atomic E-state index is 0.272. The van der Waals surface area contributed by atoms with Gasteiger partial charge in [-0.05, 0) is 58.7 Å². The molecule has 1 amide bonds. The summed E-state index contributed by atoms with van der Waals surface area (Å²) in [6.07, 6.45) is 0. The van der Waals surface area contributed by atoms with Crippen LogP contribution in [0.15, 0.2) is 46.3 Å². The summed E-state index contributed by atoms with van der Waals surface area (Å²) >= 11 is 3.78. The molecular formula is C15H11IN2O2S. The maximum Gasteiger partial charge on any atom is 0.277 e. The number of anilines is 1. The molecular weight excluding hydrogens is 399 g/mol. The van der Waals surface area contributed by atoms with E-state index in [4.69, 9.17) is 4.52 Å². The van der Waals surface area contributed by atoms with Gasteiger partial charge < -0.3 is 9.84 Å². The Hall–Kier alpha value is -1.67. The van der Waals surface area contributed by atoms with Gasteiger partial charge in [0.05, 0.1) is 4.88 Å². The average Bonchev–Trinajstić information content (AvgIpc) is 3.12. The second-order valence-electron chi connectivity index (χ2n) is 4.47. The maximum absolute atomic E-state index is 12.2. The summed E-state index contributed by atoms with van der Waals surface area (Å²) in [6.45, 7) is 2.03. The van der Waals surface area contributed by atoms with Gasteiger partial charge in [-0.15, -0.1) is 11.3 Å². The van der Waals surface area contributed by atoms with Crippen LogP contribution >= 0.6 is 33.9 Å². The Kier molecular flexibility index (Phi) is 4.07. The number of carbonyl (C=O) groups is 1. The monoisotopic (exact) mass is 410 g/mol. The lowest BCUT2D eigenvalue weighted by Crippen LogP contribution is -2.12. The molecule has 1 aromatic carbocycles. The predicted molar refractivity (Wildman–Crippen MR) is 91.7 cm³/mol. The highest BCUT2D eigenvalue weighted by molar-refractivity contribution is 14.1. The van der Waals surface area contributed by atoms with Gasteiger partial charge in [0, 0.05) is 15.3 Å². The Balaban J connectivity index is 1.78. The second-order valence-corrected chi connectivity index (χ2v) is 6.58. The van der Waals surface area contributed by atoms with E-state index >= 15 is 0 Å². The molecule has 0 aliphatic heterocycles. The highest BCUT2D eigenvalue weighted by atomic mass is 127. The molecule has 3 rings (SSSR count). The number of rotatable bonds is 3. The Morgan fingerprint density at radius 2 is 2.19 bits per heavy atom. The van der Waals surface area contributed by atoms with Crippen molar-refractivity contribution in [3.63, 3.8) is 0 Å². The predicted octanol–water partition coefficient (Wildman–Crippen LogP) is 4.57. The van der Waals surface area contributed by atoms with Gasteiger partial charge in [0.15, 0.2) is 11.5 Å². The van der Waals surface area contributed by atoms with Crippen molar-refractivity contribution >= 4 is 45.5 Å². The van der Waals surface area contributed by atoms with Crippen molar-refractivity contribution in [3.05, 3.63) is 56.6 Å². The topological polar surface area (TPSA) is 55.1 Å². The summed E-state index contributed by atoms with van der Waals surface area (Å²) in [6, 6.07) is 11.3. The van der Waals surface area contributed by atoms with Gasteiger partial charge >= 0.3 is 0 Å². The molecule has 0 fully saturated rings. The summed E-state index contributed by atoms with van der Waals surface area (Å²) in [7, 11) is 0. The lowest BCUT2D eigenvalue weighted by Gasteiger charge is -2.04. The summed E-state index contributed by atoms with van der Waals surface area (Å²) in [5.41, 5.74) is 2.19. The number of benzene rings is 1. The van der Waals surface area contributed by atoms with Gasteiger partial charge in [-0.1, -0.05) is 17.3 Å². The number of thiophene rings is 1. The first-order valence-electron chi connectivity index (χ1n) is 6.21. The third-order valence-corrected chi connectivity index (χ3v) is 4.98. The molecule has 3 aromatic rings. The number of halogens is 1. The largest absolute Gasteiger partial charge is 0.355 e. The molecule has 0 aliphatic carbocycles. The summed E-state index contributed by atoms with van der Waals surface area (Å²) in [5.74, 6) is 0.329. The molecule has 0 aliphatic rings. The van der Waals surface area contributed by atoms with Crippen LogP contribution in [0.2, 0.25) is 0 Å². The Morgan fingerprint density at radius 1 is 1.33 bits per heavy atom. The molecule has 106 valence electrons. The maximum atomic E-state index is 12.2. The van der Waals surface area contributed by atoms with Crippen molar-refractivity contribution in [2.24, 2.45) is 0 Å². The molecule has 0 radical (unpaired) electrons. The fraction of sp³-hybridized carbons (Fsp3) is 0.0667. The third kappa shape index (κ3) is 3.16. The first-order chi connectivity index (χ1) is 10.1. The molecule has 2 aromatic heterocycles. The van der Waals surface area contributed by atoms with Crippen LogP contribution in [0.25, 0.3) is 10.6 Å². The quantitative estimate of drug-likeness (QED) is 0.644. The number of amides is 1. The molecule has 6 heteroatoms. The van der Waals surface area contributed by atoms with E-state index in [9.17, 15) is 4.79 Å². The molecule has 0 atom stereocenters. The summed E-state index contributed by atoms with van der Waals surface area (Å²) in [5, 5.41) is 8.60. The summed E-state index contributed by atoms with van der Waals surface area (Å²) < 4.78 is 6.31. The van der Waals surface area contributed by atoms with Crippen LogP contribution in [-0.2, 0) is 0 Å². The van der Waals surface area contributed by atoms with Crippen LogP contribution in [-0.4, -0.2) is 11.1 Å². The molecule has 0 spiro atoms. The highest BCUT2D eigenvalue weighted by Crippen LogP contribution is 2.25. The smallest absolute Gasteiger partial charge is 0.277 e. The fourth-order valence-electron chi connectivity index (χ4n) is 1.78. The molecule has 21 heavy (non-hydrogen) atoms. The van der Waals surface area contributed by atoms with E-state index in [0.717, 1.165) is 14.1 Å². The van der Waals surface area contributed by atoms with Crippen molar-refractivity contribution in [2.75, 3.05) is 5.32 Å². The number of nitrogens with zero attached hydrogens (tertiary/aromatic N) is 1. The van der Waals surface area contributed by atoms with E-state index in [1.54, 1.807) is 17.4 Å². The second kappa shape index (κ2) is 5.98. The first kappa shape index (κ1) is 14.3. The van der Waals surface area contributed by atoms with Crippen molar-refractivity contribution in [3.8, 4) is 10.6 Å². The first-order valence-corrected chi connectivity index (χ1v) is 8.17.